The van der Waals surface area contributed by atoms with Crippen molar-refractivity contribution in [3.05, 3.63) is 29.6 Å². The second kappa shape index (κ2) is 5.30. The SMILES string of the molecule is Nc1cccc(F)c1CN1CCCCCC1. The molecule has 0 saturated carbocycles. The first-order chi connectivity index (χ1) is 7.77. The highest BCUT2D eigenvalue weighted by Crippen LogP contribution is 2.20. The van der Waals surface area contributed by atoms with Gasteiger partial charge < -0.3 is 5.73 Å². The molecule has 2 nitrogen and oxygen atoms in total. The molecule has 0 bridgehead atoms. The van der Waals surface area contributed by atoms with Crippen molar-refractivity contribution in [2.75, 3.05) is 18.8 Å². The molecule has 1 aromatic rings. The van der Waals surface area contributed by atoms with E-state index in [0.29, 0.717) is 17.8 Å². The van der Waals surface area contributed by atoms with Gasteiger partial charge in [0.2, 0.25) is 0 Å². The van der Waals surface area contributed by atoms with Crippen molar-refractivity contribution in [3.8, 4) is 0 Å². The quantitative estimate of drug-likeness (QED) is 0.780. The molecule has 0 spiro atoms. The van der Waals surface area contributed by atoms with Crippen LogP contribution in [0.3, 0.4) is 0 Å². The first-order valence-corrected chi connectivity index (χ1v) is 6.02. The molecule has 3 heteroatoms. The Hall–Kier alpha value is -1.09. The van der Waals surface area contributed by atoms with Crippen LogP contribution in [0.1, 0.15) is 31.2 Å². The molecule has 1 aliphatic rings. The fourth-order valence-corrected chi connectivity index (χ4v) is 2.26. The van der Waals surface area contributed by atoms with Gasteiger partial charge in [-0.1, -0.05) is 18.9 Å². The van der Waals surface area contributed by atoms with E-state index in [1.807, 2.05) is 0 Å². The number of rotatable bonds is 2. The van der Waals surface area contributed by atoms with Gasteiger partial charge in [0.25, 0.3) is 0 Å². The number of likely N-dealkylation sites (tertiary alicyclic amines) is 1. The summed E-state index contributed by atoms with van der Waals surface area (Å²) in [5, 5.41) is 0. The van der Waals surface area contributed by atoms with Crippen LogP contribution in [0.25, 0.3) is 0 Å². The zero-order valence-corrected chi connectivity index (χ0v) is 9.58. The molecule has 0 aromatic heterocycles. The summed E-state index contributed by atoms with van der Waals surface area (Å²) in [6.45, 7) is 2.78. The molecule has 2 N–H and O–H groups in total. The second-order valence-corrected chi connectivity index (χ2v) is 4.50. The van der Waals surface area contributed by atoms with Gasteiger partial charge in [-0.2, -0.15) is 0 Å². The highest BCUT2D eigenvalue weighted by Gasteiger charge is 2.13. The zero-order chi connectivity index (χ0) is 11.4. The summed E-state index contributed by atoms with van der Waals surface area (Å²) >= 11 is 0. The van der Waals surface area contributed by atoms with E-state index in [2.05, 4.69) is 4.90 Å². The summed E-state index contributed by atoms with van der Waals surface area (Å²) in [6, 6.07) is 4.93. The van der Waals surface area contributed by atoms with Crippen LogP contribution >= 0.6 is 0 Å². The first-order valence-electron chi connectivity index (χ1n) is 6.02. The molecule has 0 atom stereocenters. The lowest BCUT2D eigenvalue weighted by molar-refractivity contribution is 0.273. The van der Waals surface area contributed by atoms with Crippen LogP contribution in [-0.4, -0.2) is 18.0 Å². The summed E-state index contributed by atoms with van der Waals surface area (Å²) in [5.74, 6) is -0.177. The Morgan fingerprint density at radius 3 is 2.44 bits per heavy atom. The van der Waals surface area contributed by atoms with Crippen molar-refractivity contribution in [2.45, 2.75) is 32.2 Å². The second-order valence-electron chi connectivity index (χ2n) is 4.50. The zero-order valence-electron chi connectivity index (χ0n) is 9.58. The van der Waals surface area contributed by atoms with Gasteiger partial charge in [0.1, 0.15) is 5.82 Å². The average molecular weight is 222 g/mol. The number of halogens is 1. The third kappa shape index (κ3) is 2.73. The van der Waals surface area contributed by atoms with Crippen molar-refractivity contribution in [1.82, 2.24) is 4.90 Å². The fraction of sp³-hybridized carbons (Fsp3) is 0.538. The number of anilines is 1. The lowest BCUT2D eigenvalue weighted by Crippen LogP contribution is -2.25. The molecular weight excluding hydrogens is 203 g/mol. The van der Waals surface area contributed by atoms with Crippen molar-refractivity contribution in [3.63, 3.8) is 0 Å². The van der Waals surface area contributed by atoms with Crippen LogP contribution in [0.2, 0.25) is 0 Å². The summed E-state index contributed by atoms with van der Waals surface area (Å²) in [7, 11) is 0. The van der Waals surface area contributed by atoms with Crippen LogP contribution < -0.4 is 5.73 Å². The molecule has 88 valence electrons. The van der Waals surface area contributed by atoms with Crippen LogP contribution in [0, 0.1) is 5.82 Å². The minimum atomic E-state index is -0.177. The monoisotopic (exact) mass is 222 g/mol. The molecule has 0 aliphatic carbocycles. The molecule has 0 unspecified atom stereocenters. The van der Waals surface area contributed by atoms with E-state index in [0.717, 1.165) is 13.1 Å². The number of benzene rings is 1. The van der Waals surface area contributed by atoms with E-state index in [-0.39, 0.29) is 5.82 Å². The van der Waals surface area contributed by atoms with Crippen LogP contribution in [0.4, 0.5) is 10.1 Å². The van der Waals surface area contributed by atoms with E-state index in [1.54, 1.807) is 12.1 Å². The Kier molecular flexibility index (Phi) is 3.78. The maximum atomic E-state index is 13.6. The molecular formula is C13H19FN2. The topological polar surface area (TPSA) is 29.3 Å². The molecule has 1 aliphatic heterocycles. The molecule has 2 rings (SSSR count). The number of hydrogen-bond acceptors (Lipinski definition) is 2. The van der Waals surface area contributed by atoms with E-state index >= 15 is 0 Å². The summed E-state index contributed by atoms with van der Waals surface area (Å²) in [4.78, 5) is 2.31. The van der Waals surface area contributed by atoms with E-state index in [9.17, 15) is 4.39 Å². The summed E-state index contributed by atoms with van der Waals surface area (Å²) < 4.78 is 13.6. The largest absolute Gasteiger partial charge is 0.398 e. The van der Waals surface area contributed by atoms with Crippen molar-refractivity contribution in [1.29, 1.82) is 0 Å². The lowest BCUT2D eigenvalue weighted by atomic mass is 10.1. The predicted octanol–water partition coefficient (Wildman–Crippen LogP) is 2.78. The molecule has 16 heavy (non-hydrogen) atoms. The Morgan fingerprint density at radius 2 is 1.81 bits per heavy atom. The summed E-state index contributed by atoms with van der Waals surface area (Å²) in [5.41, 5.74) is 7.04. The highest BCUT2D eigenvalue weighted by molar-refractivity contribution is 5.47. The maximum Gasteiger partial charge on any atom is 0.129 e. The van der Waals surface area contributed by atoms with E-state index < -0.39 is 0 Å². The Labute approximate surface area is 96.2 Å². The van der Waals surface area contributed by atoms with E-state index in [4.69, 9.17) is 5.73 Å². The summed E-state index contributed by atoms with van der Waals surface area (Å²) in [6.07, 6.45) is 5.02. The number of nitrogens with zero attached hydrogens (tertiary/aromatic N) is 1. The van der Waals surface area contributed by atoms with Gasteiger partial charge >= 0.3 is 0 Å². The Morgan fingerprint density at radius 1 is 1.12 bits per heavy atom. The standard InChI is InChI=1S/C13H19FN2/c14-12-6-5-7-13(15)11(12)10-16-8-3-1-2-4-9-16/h5-7H,1-4,8-10,15H2. The van der Waals surface area contributed by atoms with Crippen molar-refractivity contribution in [2.24, 2.45) is 0 Å². The smallest absolute Gasteiger partial charge is 0.129 e. The van der Waals surface area contributed by atoms with Gasteiger partial charge in [-0.05, 0) is 38.1 Å². The van der Waals surface area contributed by atoms with Gasteiger partial charge in [0, 0.05) is 17.8 Å². The Bertz CT molecular complexity index is 324. The number of hydrogen-bond donors (Lipinski definition) is 1. The van der Waals surface area contributed by atoms with Crippen LogP contribution in [0.15, 0.2) is 18.2 Å². The maximum absolute atomic E-state index is 13.6. The van der Waals surface area contributed by atoms with E-state index in [1.165, 1.54) is 31.7 Å². The van der Waals surface area contributed by atoms with Gasteiger partial charge in [-0.25, -0.2) is 4.39 Å². The number of nitrogen functional groups attached to an aromatic ring is 1. The molecule has 1 fully saturated rings. The highest BCUT2D eigenvalue weighted by atomic mass is 19.1. The van der Waals surface area contributed by atoms with Gasteiger partial charge in [-0.3, -0.25) is 4.90 Å². The van der Waals surface area contributed by atoms with Gasteiger partial charge in [-0.15, -0.1) is 0 Å². The predicted molar refractivity (Wildman–Crippen MR) is 64.6 cm³/mol. The first kappa shape index (κ1) is 11.4. The molecule has 0 radical (unpaired) electrons. The molecule has 0 amide bonds. The van der Waals surface area contributed by atoms with Crippen LogP contribution in [0.5, 0.6) is 0 Å². The van der Waals surface area contributed by atoms with Gasteiger partial charge in [0.15, 0.2) is 0 Å². The minimum absolute atomic E-state index is 0.177. The minimum Gasteiger partial charge on any atom is -0.398 e. The van der Waals surface area contributed by atoms with Crippen molar-refractivity contribution >= 4 is 5.69 Å². The van der Waals surface area contributed by atoms with Crippen molar-refractivity contribution < 1.29 is 4.39 Å². The third-order valence-electron chi connectivity index (χ3n) is 3.24. The normalized spacial score (nSPS) is 18.3. The van der Waals surface area contributed by atoms with Gasteiger partial charge in [0.05, 0.1) is 0 Å². The lowest BCUT2D eigenvalue weighted by Gasteiger charge is -2.20. The van der Waals surface area contributed by atoms with Crippen LogP contribution in [-0.2, 0) is 6.54 Å². The average Bonchev–Trinajstić information content (AvgIpc) is 2.52. The molecule has 1 aromatic carbocycles. The Balaban J connectivity index is 2.07. The molecule has 1 heterocycles. The molecule has 1 saturated heterocycles. The third-order valence-corrected chi connectivity index (χ3v) is 3.24. The fourth-order valence-electron chi connectivity index (χ4n) is 2.26. The number of nitrogens with two attached hydrogens (primary N) is 1.